The summed E-state index contributed by atoms with van der Waals surface area (Å²) in [5, 5.41) is 9.95. The molecule has 0 aliphatic carbocycles. The molecule has 0 aromatic carbocycles. The summed E-state index contributed by atoms with van der Waals surface area (Å²) in [5.74, 6) is 0. The maximum absolute atomic E-state index is 9.95. The topological polar surface area (TPSA) is 29.5 Å². The molecule has 0 heterocycles. The Balaban J connectivity index is 4.95. The summed E-state index contributed by atoms with van der Waals surface area (Å²) in [6, 6.07) is 0. The number of ether oxygens (including phenoxy) is 1. The fourth-order valence-electron chi connectivity index (χ4n) is 1.47. The molecule has 1 N–H and O–H groups in total. The maximum Gasteiger partial charge on any atom is 0.0978 e. The van der Waals surface area contributed by atoms with Crippen molar-refractivity contribution in [1.29, 1.82) is 0 Å². The van der Waals surface area contributed by atoms with Crippen LogP contribution in [0.25, 0.3) is 0 Å². The summed E-state index contributed by atoms with van der Waals surface area (Å²) >= 11 is 0. The van der Waals surface area contributed by atoms with Gasteiger partial charge in [0.25, 0.3) is 0 Å². The van der Waals surface area contributed by atoms with Gasteiger partial charge in [-0.25, -0.2) is 0 Å². The van der Waals surface area contributed by atoms with E-state index >= 15 is 0 Å². The van der Waals surface area contributed by atoms with Gasteiger partial charge in [-0.3, -0.25) is 0 Å². The third kappa shape index (κ3) is 1.80. The van der Waals surface area contributed by atoms with Crippen LogP contribution < -0.4 is 0 Å². The molecular formula is C10H22O2. The second-order valence-corrected chi connectivity index (χ2v) is 5.05. The number of methoxy groups -OCH3 is 1. The van der Waals surface area contributed by atoms with Crippen molar-refractivity contribution in [2.75, 3.05) is 7.11 Å². The van der Waals surface area contributed by atoms with Crippen LogP contribution in [0.15, 0.2) is 0 Å². The van der Waals surface area contributed by atoms with Gasteiger partial charge in [0, 0.05) is 7.11 Å². The molecule has 0 spiro atoms. The summed E-state index contributed by atoms with van der Waals surface area (Å²) in [7, 11) is 1.64. The molecule has 0 bridgehead atoms. The molecule has 2 heteroatoms. The summed E-state index contributed by atoms with van der Waals surface area (Å²) in [6.07, 6.45) is 0. The molecule has 0 rings (SSSR count). The van der Waals surface area contributed by atoms with E-state index in [2.05, 4.69) is 20.8 Å². The van der Waals surface area contributed by atoms with Crippen molar-refractivity contribution in [3.8, 4) is 0 Å². The Hall–Kier alpha value is -0.0800. The normalized spacial score (nSPS) is 19.0. The Bertz CT molecular complexity index is 134. The zero-order chi connectivity index (χ0) is 10.2. The Kier molecular flexibility index (Phi) is 2.98. The molecular weight excluding hydrogens is 152 g/mol. The van der Waals surface area contributed by atoms with Crippen molar-refractivity contribution >= 4 is 0 Å². The highest BCUT2D eigenvalue weighted by Gasteiger charge is 2.48. The van der Waals surface area contributed by atoms with Crippen molar-refractivity contribution in [2.45, 2.75) is 52.7 Å². The summed E-state index contributed by atoms with van der Waals surface area (Å²) < 4.78 is 5.42. The number of rotatable bonds is 2. The minimum Gasteiger partial charge on any atom is -0.387 e. The molecule has 0 amide bonds. The van der Waals surface area contributed by atoms with Crippen LogP contribution in [0, 0.1) is 5.41 Å². The third-order valence-electron chi connectivity index (χ3n) is 3.01. The predicted molar refractivity (Wildman–Crippen MR) is 51.2 cm³/mol. The number of aliphatic hydroxyl groups is 1. The van der Waals surface area contributed by atoms with Crippen molar-refractivity contribution in [3.63, 3.8) is 0 Å². The third-order valence-corrected chi connectivity index (χ3v) is 3.01. The van der Waals surface area contributed by atoms with Crippen LogP contribution in [-0.2, 0) is 4.74 Å². The summed E-state index contributed by atoms with van der Waals surface area (Å²) in [5.41, 5.74) is -1.44. The van der Waals surface area contributed by atoms with E-state index in [9.17, 15) is 5.11 Å². The molecule has 0 aliphatic heterocycles. The Labute approximate surface area is 75.9 Å². The quantitative estimate of drug-likeness (QED) is 0.695. The van der Waals surface area contributed by atoms with E-state index in [4.69, 9.17) is 4.74 Å². The molecule has 0 radical (unpaired) electrons. The largest absolute Gasteiger partial charge is 0.387 e. The van der Waals surface area contributed by atoms with Gasteiger partial charge in [-0.15, -0.1) is 0 Å². The molecule has 0 aromatic rings. The lowest BCUT2D eigenvalue weighted by Crippen LogP contribution is -2.57. The zero-order valence-corrected chi connectivity index (χ0v) is 9.36. The molecule has 74 valence electrons. The van der Waals surface area contributed by atoms with Gasteiger partial charge in [-0.1, -0.05) is 20.8 Å². The highest BCUT2D eigenvalue weighted by molar-refractivity contribution is 4.99. The second kappa shape index (κ2) is 3.00. The van der Waals surface area contributed by atoms with Gasteiger partial charge >= 0.3 is 0 Å². The van der Waals surface area contributed by atoms with Gasteiger partial charge in [0.15, 0.2) is 0 Å². The van der Waals surface area contributed by atoms with Crippen LogP contribution in [0.4, 0.5) is 0 Å². The van der Waals surface area contributed by atoms with Crippen LogP contribution in [0.5, 0.6) is 0 Å². The van der Waals surface area contributed by atoms with Gasteiger partial charge in [0.1, 0.15) is 0 Å². The monoisotopic (exact) mass is 174 g/mol. The lowest BCUT2D eigenvalue weighted by atomic mass is 9.69. The summed E-state index contributed by atoms with van der Waals surface area (Å²) in [6.45, 7) is 11.7. The molecule has 0 saturated heterocycles. The highest BCUT2D eigenvalue weighted by atomic mass is 16.5. The van der Waals surface area contributed by atoms with Crippen LogP contribution in [0.2, 0.25) is 0 Å². The maximum atomic E-state index is 9.95. The zero-order valence-electron chi connectivity index (χ0n) is 9.36. The Morgan fingerprint density at radius 1 is 0.917 bits per heavy atom. The predicted octanol–water partition coefficient (Wildman–Crippen LogP) is 2.21. The van der Waals surface area contributed by atoms with E-state index < -0.39 is 11.2 Å². The lowest BCUT2D eigenvalue weighted by Gasteiger charge is -2.48. The minimum absolute atomic E-state index is 0.0833. The molecule has 12 heavy (non-hydrogen) atoms. The van der Waals surface area contributed by atoms with E-state index in [0.29, 0.717) is 0 Å². The van der Waals surface area contributed by atoms with Gasteiger partial charge in [-0.05, 0) is 26.2 Å². The average Bonchev–Trinajstić information content (AvgIpc) is 1.81. The van der Waals surface area contributed by atoms with Crippen molar-refractivity contribution in [1.82, 2.24) is 0 Å². The van der Waals surface area contributed by atoms with Crippen LogP contribution in [0.1, 0.15) is 41.5 Å². The fourth-order valence-corrected chi connectivity index (χ4v) is 1.47. The number of hydrogen-bond acceptors (Lipinski definition) is 2. The van der Waals surface area contributed by atoms with Crippen LogP contribution in [-0.4, -0.2) is 23.4 Å². The van der Waals surface area contributed by atoms with Crippen LogP contribution in [0.3, 0.4) is 0 Å². The molecule has 1 atom stereocenters. The Morgan fingerprint density at radius 3 is 1.25 bits per heavy atom. The van der Waals surface area contributed by atoms with E-state index in [1.165, 1.54) is 0 Å². The molecule has 1 unspecified atom stereocenters. The van der Waals surface area contributed by atoms with Gasteiger partial charge in [-0.2, -0.15) is 0 Å². The first-order chi connectivity index (χ1) is 5.06. The van der Waals surface area contributed by atoms with E-state index in [1.807, 2.05) is 6.92 Å². The average molecular weight is 174 g/mol. The van der Waals surface area contributed by atoms with Crippen molar-refractivity contribution < 1.29 is 9.84 Å². The van der Waals surface area contributed by atoms with Gasteiger partial charge in [0.05, 0.1) is 11.2 Å². The first-order valence-corrected chi connectivity index (χ1v) is 4.34. The minimum atomic E-state index is -0.833. The van der Waals surface area contributed by atoms with Crippen molar-refractivity contribution in [3.05, 3.63) is 0 Å². The molecule has 0 aromatic heterocycles. The summed E-state index contributed by atoms with van der Waals surface area (Å²) in [4.78, 5) is 0. The second-order valence-electron chi connectivity index (χ2n) is 5.05. The standard InChI is InChI=1S/C10H22O2/c1-8(2,3)10(6,12-7)9(4,5)11/h11H,1-7H3. The van der Waals surface area contributed by atoms with E-state index in [-0.39, 0.29) is 5.41 Å². The molecule has 0 aliphatic rings. The number of hydrogen-bond donors (Lipinski definition) is 1. The fraction of sp³-hybridized carbons (Fsp3) is 1.00. The van der Waals surface area contributed by atoms with Gasteiger partial charge < -0.3 is 9.84 Å². The van der Waals surface area contributed by atoms with E-state index in [1.54, 1.807) is 21.0 Å². The van der Waals surface area contributed by atoms with Crippen LogP contribution >= 0.6 is 0 Å². The Morgan fingerprint density at radius 2 is 1.25 bits per heavy atom. The molecule has 0 fully saturated rings. The van der Waals surface area contributed by atoms with E-state index in [0.717, 1.165) is 0 Å². The SMILES string of the molecule is COC(C)(C(C)(C)C)C(C)(C)O. The first-order valence-electron chi connectivity index (χ1n) is 4.34. The van der Waals surface area contributed by atoms with Gasteiger partial charge in [0.2, 0.25) is 0 Å². The van der Waals surface area contributed by atoms with Crippen molar-refractivity contribution in [2.24, 2.45) is 5.41 Å². The smallest absolute Gasteiger partial charge is 0.0978 e. The first kappa shape index (κ1) is 11.9. The molecule has 0 saturated carbocycles. The molecule has 2 nitrogen and oxygen atoms in total. The lowest BCUT2D eigenvalue weighted by molar-refractivity contribution is -0.193. The highest BCUT2D eigenvalue weighted by Crippen LogP contribution is 2.40.